The lowest BCUT2D eigenvalue weighted by molar-refractivity contribution is 0.102. The van der Waals surface area contributed by atoms with Crippen LogP contribution in [0.3, 0.4) is 0 Å². The number of halogens is 2. The average molecular weight is 390 g/mol. The van der Waals surface area contributed by atoms with Crippen molar-refractivity contribution in [2.24, 2.45) is 0 Å². The second-order valence-electron chi connectivity index (χ2n) is 5.82. The summed E-state index contributed by atoms with van der Waals surface area (Å²) in [5.74, 6) is 0.325. The second-order valence-corrected chi connectivity index (χ2v) is 7.69. The Bertz CT molecular complexity index is 1030. The predicted molar refractivity (Wildman–Crippen MR) is 98.5 cm³/mol. The van der Waals surface area contributed by atoms with Crippen LogP contribution in [-0.4, -0.2) is 19.9 Å². The zero-order valence-electron chi connectivity index (χ0n) is 13.4. The summed E-state index contributed by atoms with van der Waals surface area (Å²) in [7, 11) is -1.04. The van der Waals surface area contributed by atoms with Crippen LogP contribution in [0.15, 0.2) is 48.5 Å². The quantitative estimate of drug-likeness (QED) is 0.743. The summed E-state index contributed by atoms with van der Waals surface area (Å²) in [6.07, 6.45) is 0. The van der Waals surface area contributed by atoms with E-state index in [0.717, 1.165) is 5.56 Å². The maximum Gasteiger partial charge on any atom is 0.258 e. The predicted octanol–water partition coefficient (Wildman–Crippen LogP) is 3.68. The lowest BCUT2D eigenvalue weighted by Crippen LogP contribution is -2.17. The Morgan fingerprint density at radius 3 is 2.62 bits per heavy atom. The number of carbonyl (C=O) groups excluding carboxylic acids is 1. The highest BCUT2D eigenvalue weighted by Crippen LogP contribution is 2.32. The molecule has 3 aromatic rings. The number of hydrogen-bond donors (Lipinski definition) is 1. The van der Waals surface area contributed by atoms with E-state index in [0.29, 0.717) is 39.3 Å². The van der Waals surface area contributed by atoms with Gasteiger partial charge in [-0.2, -0.15) is 5.10 Å². The Balaban J connectivity index is 1.77. The number of rotatable bonds is 3. The number of amides is 1. The molecular weight excluding hydrogens is 377 g/mol. The zero-order chi connectivity index (χ0) is 18.3. The highest BCUT2D eigenvalue weighted by molar-refractivity contribution is 7.83. The van der Waals surface area contributed by atoms with Gasteiger partial charge in [-0.1, -0.05) is 23.7 Å². The molecule has 26 heavy (non-hydrogen) atoms. The molecule has 2 heterocycles. The molecule has 0 bridgehead atoms. The highest BCUT2D eigenvalue weighted by Gasteiger charge is 2.28. The van der Waals surface area contributed by atoms with Crippen molar-refractivity contribution in [3.05, 3.63) is 76.2 Å². The maximum absolute atomic E-state index is 13.2. The molecule has 1 aromatic heterocycles. The number of benzene rings is 2. The van der Waals surface area contributed by atoms with Gasteiger partial charge in [0.2, 0.25) is 0 Å². The number of nitrogens with one attached hydrogen (secondary N) is 1. The molecule has 0 radical (unpaired) electrons. The molecular formula is C18H13ClFN3O2S. The van der Waals surface area contributed by atoms with E-state index in [4.69, 9.17) is 11.6 Å². The van der Waals surface area contributed by atoms with Crippen LogP contribution in [0.4, 0.5) is 10.2 Å². The van der Waals surface area contributed by atoms with Crippen LogP contribution in [0.2, 0.25) is 5.02 Å². The fourth-order valence-electron chi connectivity index (χ4n) is 2.85. The molecule has 0 aliphatic carbocycles. The number of aromatic nitrogens is 2. The van der Waals surface area contributed by atoms with E-state index in [1.54, 1.807) is 36.4 Å². The Kier molecular flexibility index (Phi) is 4.34. The first-order valence-electron chi connectivity index (χ1n) is 7.80. The Hall–Kier alpha value is -2.51. The van der Waals surface area contributed by atoms with Gasteiger partial charge in [0, 0.05) is 16.4 Å². The third-order valence-electron chi connectivity index (χ3n) is 4.09. The van der Waals surface area contributed by atoms with Gasteiger partial charge in [0.1, 0.15) is 11.6 Å². The molecule has 0 spiro atoms. The van der Waals surface area contributed by atoms with Crippen molar-refractivity contribution in [3.63, 3.8) is 0 Å². The second kappa shape index (κ2) is 6.66. The first kappa shape index (κ1) is 16.9. The van der Waals surface area contributed by atoms with Crippen molar-refractivity contribution in [1.82, 2.24) is 9.78 Å². The largest absolute Gasteiger partial charge is 0.306 e. The minimum atomic E-state index is -1.04. The van der Waals surface area contributed by atoms with E-state index in [1.807, 2.05) is 0 Å². The molecule has 4 rings (SSSR count). The molecule has 1 amide bonds. The number of hydrogen-bond acceptors (Lipinski definition) is 3. The first-order chi connectivity index (χ1) is 12.5. The van der Waals surface area contributed by atoms with Gasteiger partial charge >= 0.3 is 0 Å². The van der Waals surface area contributed by atoms with Gasteiger partial charge < -0.3 is 5.32 Å². The summed E-state index contributed by atoms with van der Waals surface area (Å²) < 4.78 is 26.7. The van der Waals surface area contributed by atoms with Gasteiger partial charge in [0.15, 0.2) is 0 Å². The van der Waals surface area contributed by atoms with Gasteiger partial charge in [-0.25, -0.2) is 9.07 Å². The summed E-state index contributed by atoms with van der Waals surface area (Å²) >= 11 is 6.10. The number of carbonyl (C=O) groups is 1. The van der Waals surface area contributed by atoms with Crippen LogP contribution < -0.4 is 5.32 Å². The van der Waals surface area contributed by atoms with Gasteiger partial charge in [-0.15, -0.1) is 0 Å². The van der Waals surface area contributed by atoms with Crippen LogP contribution in [0.1, 0.15) is 21.6 Å². The first-order valence-corrected chi connectivity index (χ1v) is 9.67. The minimum Gasteiger partial charge on any atom is -0.306 e. The number of nitrogens with zero attached hydrogens (tertiary/aromatic N) is 2. The fraction of sp³-hybridized carbons (Fsp3) is 0.111. The smallest absolute Gasteiger partial charge is 0.258 e. The standard InChI is InChI=1S/C18H13ClFN3O2S/c19-15-4-2-1-3-13(15)18(24)21-17-14-9-26(25)10-16(14)22-23(17)12-7-5-11(20)6-8-12/h1-8H,9-10H2,(H,21,24). The molecule has 0 fully saturated rings. The molecule has 1 unspecified atom stereocenters. The van der Waals surface area contributed by atoms with E-state index in [1.165, 1.54) is 16.8 Å². The van der Waals surface area contributed by atoms with Crippen LogP contribution in [-0.2, 0) is 22.3 Å². The van der Waals surface area contributed by atoms with Crippen molar-refractivity contribution >= 4 is 34.1 Å². The lowest BCUT2D eigenvalue weighted by atomic mass is 10.2. The maximum atomic E-state index is 13.2. The third-order valence-corrected chi connectivity index (χ3v) is 5.63. The van der Waals surface area contributed by atoms with E-state index < -0.39 is 10.8 Å². The van der Waals surface area contributed by atoms with Crippen molar-refractivity contribution in [3.8, 4) is 5.69 Å². The van der Waals surface area contributed by atoms with Gasteiger partial charge in [-0.3, -0.25) is 9.00 Å². The van der Waals surface area contributed by atoms with E-state index >= 15 is 0 Å². The fourth-order valence-corrected chi connectivity index (χ4v) is 4.33. The van der Waals surface area contributed by atoms with E-state index in [2.05, 4.69) is 10.4 Å². The summed E-state index contributed by atoms with van der Waals surface area (Å²) in [5, 5.41) is 7.63. The van der Waals surface area contributed by atoms with Crippen LogP contribution in [0, 0.1) is 5.82 Å². The molecule has 8 heteroatoms. The normalized spacial score (nSPS) is 15.7. The Morgan fingerprint density at radius 1 is 1.15 bits per heavy atom. The summed E-state index contributed by atoms with van der Waals surface area (Å²) in [5.41, 5.74) is 2.32. The molecule has 1 atom stereocenters. The van der Waals surface area contributed by atoms with Crippen LogP contribution in [0.5, 0.6) is 0 Å². The topological polar surface area (TPSA) is 64.0 Å². The van der Waals surface area contributed by atoms with Crippen molar-refractivity contribution in [2.75, 3.05) is 5.32 Å². The molecule has 0 saturated heterocycles. The number of fused-ring (bicyclic) bond motifs is 1. The summed E-state index contributed by atoms with van der Waals surface area (Å²) in [6, 6.07) is 12.5. The molecule has 1 aliphatic rings. The third kappa shape index (κ3) is 3.04. The van der Waals surface area contributed by atoms with Gasteiger partial charge in [-0.05, 0) is 36.4 Å². The van der Waals surface area contributed by atoms with E-state index in [-0.39, 0.29) is 11.7 Å². The highest BCUT2D eigenvalue weighted by atomic mass is 35.5. The SMILES string of the molecule is O=C(Nc1c2c(nn1-c1ccc(F)cc1)CS(=O)C2)c1ccccc1Cl. The Labute approximate surface area is 156 Å². The van der Waals surface area contributed by atoms with Crippen molar-refractivity contribution in [2.45, 2.75) is 11.5 Å². The molecule has 0 saturated carbocycles. The lowest BCUT2D eigenvalue weighted by Gasteiger charge is -2.11. The molecule has 5 nitrogen and oxygen atoms in total. The minimum absolute atomic E-state index is 0.314. The molecule has 2 aromatic carbocycles. The van der Waals surface area contributed by atoms with Crippen molar-refractivity contribution in [1.29, 1.82) is 0 Å². The molecule has 1 aliphatic heterocycles. The van der Waals surface area contributed by atoms with Gasteiger partial charge in [0.25, 0.3) is 5.91 Å². The van der Waals surface area contributed by atoms with Crippen molar-refractivity contribution < 1.29 is 13.4 Å². The molecule has 1 N–H and O–H groups in total. The molecule has 132 valence electrons. The van der Waals surface area contributed by atoms with E-state index in [9.17, 15) is 13.4 Å². The number of anilines is 1. The Morgan fingerprint density at radius 2 is 1.88 bits per heavy atom. The monoisotopic (exact) mass is 389 g/mol. The van der Waals surface area contributed by atoms with Crippen LogP contribution in [0.25, 0.3) is 5.69 Å². The van der Waals surface area contributed by atoms with Crippen LogP contribution >= 0.6 is 11.6 Å². The summed E-state index contributed by atoms with van der Waals surface area (Å²) in [4.78, 5) is 12.7. The average Bonchev–Trinajstić information content (AvgIpc) is 3.13. The zero-order valence-corrected chi connectivity index (χ0v) is 15.0. The summed E-state index contributed by atoms with van der Waals surface area (Å²) in [6.45, 7) is 0. The van der Waals surface area contributed by atoms with Gasteiger partial charge in [0.05, 0.1) is 33.5 Å².